The molecule has 0 fully saturated rings. The summed E-state index contributed by atoms with van der Waals surface area (Å²) in [6, 6.07) is 16.8. The average Bonchev–Trinajstić information content (AvgIpc) is 3.42. The first kappa shape index (κ1) is 18.1. The van der Waals surface area contributed by atoms with Gasteiger partial charge in [-0.25, -0.2) is 0 Å². The molecule has 0 aliphatic heterocycles. The van der Waals surface area contributed by atoms with Gasteiger partial charge in [-0.15, -0.1) is 0 Å². The molecule has 0 unspecified atom stereocenters. The van der Waals surface area contributed by atoms with Gasteiger partial charge in [0, 0.05) is 28.4 Å². The van der Waals surface area contributed by atoms with Gasteiger partial charge in [0.15, 0.2) is 5.76 Å². The predicted octanol–water partition coefficient (Wildman–Crippen LogP) is 3.09. The molecule has 0 aliphatic carbocycles. The van der Waals surface area contributed by atoms with Gasteiger partial charge in [0.05, 0.1) is 11.8 Å². The number of aromatic amines is 1. The Morgan fingerprint density at radius 1 is 0.793 bits per heavy atom. The van der Waals surface area contributed by atoms with Crippen LogP contribution in [0.5, 0.6) is 0 Å². The summed E-state index contributed by atoms with van der Waals surface area (Å²) < 4.78 is 5.02. The lowest BCUT2D eigenvalue weighted by Crippen LogP contribution is -2.41. The zero-order valence-corrected chi connectivity index (χ0v) is 15.1. The molecule has 8 heteroatoms. The van der Waals surface area contributed by atoms with Crippen molar-refractivity contribution in [2.75, 3.05) is 5.32 Å². The van der Waals surface area contributed by atoms with Gasteiger partial charge in [0.1, 0.15) is 0 Å². The van der Waals surface area contributed by atoms with Crippen molar-refractivity contribution in [3.05, 3.63) is 90.0 Å². The number of carbonyl (C=O) groups is 3. The van der Waals surface area contributed by atoms with E-state index in [0.29, 0.717) is 16.8 Å². The molecule has 2 aromatic carbocycles. The van der Waals surface area contributed by atoms with Gasteiger partial charge in [-0.3, -0.25) is 25.2 Å². The molecule has 0 saturated carbocycles. The SMILES string of the molecule is O=C(NNC(=O)c1c[nH]c2ccccc12)c1ccc(NC(=O)c2ccco2)cc1. The molecule has 3 amide bonds. The van der Waals surface area contributed by atoms with Crippen molar-refractivity contribution in [2.24, 2.45) is 0 Å². The first-order valence-corrected chi connectivity index (χ1v) is 8.73. The molecule has 0 radical (unpaired) electrons. The van der Waals surface area contributed by atoms with Crippen LogP contribution in [0.1, 0.15) is 31.3 Å². The zero-order chi connectivity index (χ0) is 20.2. The number of anilines is 1. The fourth-order valence-corrected chi connectivity index (χ4v) is 2.82. The number of amides is 3. The van der Waals surface area contributed by atoms with Crippen LogP contribution < -0.4 is 16.2 Å². The molecule has 4 aromatic rings. The Hall–Kier alpha value is -4.33. The highest BCUT2D eigenvalue weighted by Crippen LogP contribution is 2.17. The minimum Gasteiger partial charge on any atom is -0.459 e. The van der Waals surface area contributed by atoms with Crippen LogP contribution >= 0.6 is 0 Å². The molecular formula is C21H16N4O4. The minimum atomic E-state index is -0.484. The van der Waals surface area contributed by atoms with Gasteiger partial charge in [-0.1, -0.05) is 18.2 Å². The first-order chi connectivity index (χ1) is 14.1. The first-order valence-electron chi connectivity index (χ1n) is 8.73. The molecule has 0 spiro atoms. The number of carbonyl (C=O) groups excluding carboxylic acids is 3. The maximum absolute atomic E-state index is 12.3. The van der Waals surface area contributed by atoms with E-state index in [1.54, 1.807) is 30.5 Å². The third kappa shape index (κ3) is 3.86. The van der Waals surface area contributed by atoms with E-state index in [1.165, 1.54) is 18.4 Å². The molecule has 2 heterocycles. The second-order valence-electron chi connectivity index (χ2n) is 6.16. The second-order valence-corrected chi connectivity index (χ2v) is 6.16. The van der Waals surface area contributed by atoms with Crippen molar-refractivity contribution in [3.8, 4) is 0 Å². The topological polar surface area (TPSA) is 116 Å². The van der Waals surface area contributed by atoms with Gasteiger partial charge >= 0.3 is 0 Å². The lowest BCUT2D eigenvalue weighted by Gasteiger charge is -2.08. The van der Waals surface area contributed by atoms with Crippen molar-refractivity contribution in [1.82, 2.24) is 15.8 Å². The van der Waals surface area contributed by atoms with E-state index in [9.17, 15) is 14.4 Å². The summed E-state index contributed by atoms with van der Waals surface area (Å²) in [4.78, 5) is 39.6. The van der Waals surface area contributed by atoms with Gasteiger partial charge in [-0.05, 0) is 42.5 Å². The standard InChI is InChI=1S/C21H16N4O4/c26-19(24-25-20(27)16-12-22-17-5-2-1-4-15(16)17)13-7-9-14(10-8-13)23-21(28)18-6-3-11-29-18/h1-12,22H,(H,23,28)(H,24,26)(H,25,27). The number of furan rings is 1. The van der Waals surface area contributed by atoms with E-state index in [2.05, 4.69) is 21.2 Å². The lowest BCUT2D eigenvalue weighted by molar-refractivity contribution is 0.0847. The Labute approximate surface area is 164 Å². The number of hydrogen-bond acceptors (Lipinski definition) is 4. The van der Waals surface area contributed by atoms with E-state index < -0.39 is 17.7 Å². The largest absolute Gasteiger partial charge is 0.459 e. The highest BCUT2D eigenvalue weighted by Gasteiger charge is 2.14. The van der Waals surface area contributed by atoms with Crippen LogP contribution in [0.25, 0.3) is 10.9 Å². The normalized spacial score (nSPS) is 10.5. The van der Waals surface area contributed by atoms with Crippen molar-refractivity contribution >= 4 is 34.3 Å². The highest BCUT2D eigenvalue weighted by atomic mass is 16.3. The van der Waals surface area contributed by atoms with E-state index >= 15 is 0 Å². The smallest absolute Gasteiger partial charge is 0.291 e. The predicted molar refractivity (Wildman–Crippen MR) is 106 cm³/mol. The quantitative estimate of drug-likeness (QED) is 0.402. The Kier molecular flexibility index (Phi) is 4.81. The van der Waals surface area contributed by atoms with Crippen LogP contribution in [0.15, 0.2) is 77.5 Å². The van der Waals surface area contributed by atoms with Crippen molar-refractivity contribution in [1.29, 1.82) is 0 Å². The Morgan fingerprint density at radius 2 is 1.55 bits per heavy atom. The second kappa shape index (κ2) is 7.73. The fraction of sp³-hybridized carbons (Fsp3) is 0. The number of aromatic nitrogens is 1. The minimum absolute atomic E-state index is 0.187. The van der Waals surface area contributed by atoms with Crippen LogP contribution in [0.2, 0.25) is 0 Å². The summed E-state index contributed by atoms with van der Waals surface area (Å²) in [5, 5.41) is 3.42. The molecule has 0 atom stereocenters. The summed E-state index contributed by atoms with van der Waals surface area (Å²) in [7, 11) is 0. The molecule has 4 rings (SSSR count). The molecule has 144 valence electrons. The third-order valence-electron chi connectivity index (χ3n) is 4.27. The number of rotatable bonds is 4. The number of nitrogens with one attached hydrogen (secondary N) is 4. The van der Waals surface area contributed by atoms with Crippen LogP contribution in [0.4, 0.5) is 5.69 Å². The molecule has 2 aromatic heterocycles. The third-order valence-corrected chi connectivity index (χ3v) is 4.27. The van der Waals surface area contributed by atoms with Crippen LogP contribution in [0, 0.1) is 0 Å². The molecular weight excluding hydrogens is 372 g/mol. The van der Waals surface area contributed by atoms with Crippen molar-refractivity contribution in [3.63, 3.8) is 0 Å². The molecule has 8 nitrogen and oxygen atoms in total. The number of H-pyrrole nitrogens is 1. The van der Waals surface area contributed by atoms with Crippen LogP contribution in [0.3, 0.4) is 0 Å². The summed E-state index contributed by atoms with van der Waals surface area (Å²) in [6.07, 6.45) is 3.00. The van der Waals surface area contributed by atoms with E-state index in [4.69, 9.17) is 4.42 Å². The summed E-state index contributed by atoms with van der Waals surface area (Å²) in [5.41, 5.74) is 6.86. The Bertz CT molecular complexity index is 1180. The summed E-state index contributed by atoms with van der Waals surface area (Å²) >= 11 is 0. The van der Waals surface area contributed by atoms with Crippen molar-refractivity contribution < 1.29 is 18.8 Å². The molecule has 0 aliphatic rings. The molecule has 4 N–H and O–H groups in total. The highest BCUT2D eigenvalue weighted by molar-refractivity contribution is 6.07. The Morgan fingerprint density at radius 3 is 2.31 bits per heavy atom. The van der Waals surface area contributed by atoms with Crippen LogP contribution in [-0.4, -0.2) is 22.7 Å². The monoisotopic (exact) mass is 388 g/mol. The number of fused-ring (bicyclic) bond motifs is 1. The maximum Gasteiger partial charge on any atom is 0.291 e. The van der Waals surface area contributed by atoms with Gasteiger partial charge in [0.25, 0.3) is 17.7 Å². The summed E-state index contributed by atoms with van der Waals surface area (Å²) in [5.74, 6) is -1.12. The van der Waals surface area contributed by atoms with E-state index in [1.807, 2.05) is 24.3 Å². The van der Waals surface area contributed by atoms with Gasteiger partial charge in [-0.2, -0.15) is 0 Å². The number of para-hydroxylation sites is 1. The zero-order valence-electron chi connectivity index (χ0n) is 15.1. The fourth-order valence-electron chi connectivity index (χ4n) is 2.82. The molecule has 0 saturated heterocycles. The average molecular weight is 388 g/mol. The van der Waals surface area contributed by atoms with E-state index in [0.717, 1.165) is 10.9 Å². The van der Waals surface area contributed by atoms with Gasteiger partial charge < -0.3 is 14.7 Å². The van der Waals surface area contributed by atoms with Crippen LogP contribution in [-0.2, 0) is 0 Å². The van der Waals surface area contributed by atoms with Gasteiger partial charge in [0.2, 0.25) is 0 Å². The Balaban J connectivity index is 1.36. The lowest BCUT2D eigenvalue weighted by atomic mass is 10.1. The van der Waals surface area contributed by atoms with E-state index in [-0.39, 0.29) is 5.76 Å². The molecule has 0 bridgehead atoms. The molecule has 29 heavy (non-hydrogen) atoms. The number of hydrogen-bond donors (Lipinski definition) is 4. The maximum atomic E-state index is 12.3. The number of benzene rings is 2. The number of hydrazine groups is 1. The van der Waals surface area contributed by atoms with Crippen molar-refractivity contribution in [2.45, 2.75) is 0 Å². The summed E-state index contributed by atoms with van der Waals surface area (Å²) in [6.45, 7) is 0.